The molecule has 0 fully saturated rings. The molecule has 1 aromatic carbocycles. The fourth-order valence-corrected chi connectivity index (χ4v) is 5.01. The molecule has 0 aliphatic heterocycles. The predicted octanol–water partition coefficient (Wildman–Crippen LogP) is 5.68. The van der Waals surface area contributed by atoms with Crippen LogP contribution in [-0.2, 0) is 13.7 Å². The van der Waals surface area contributed by atoms with Gasteiger partial charge in [-0.15, -0.1) is 14.2 Å². The van der Waals surface area contributed by atoms with Crippen LogP contribution < -0.4 is 4.18 Å². The zero-order valence-electron chi connectivity index (χ0n) is 15.4. The summed E-state index contributed by atoms with van der Waals surface area (Å²) in [6.45, 7) is 1.60. The van der Waals surface area contributed by atoms with Gasteiger partial charge in [0.05, 0.1) is 0 Å². The Bertz CT molecular complexity index is 894. The van der Waals surface area contributed by atoms with Crippen LogP contribution in [0.3, 0.4) is 0 Å². The van der Waals surface area contributed by atoms with Crippen molar-refractivity contribution in [2.45, 2.75) is 36.1 Å². The minimum atomic E-state index is -7.88. The second-order valence-corrected chi connectivity index (χ2v) is 10.7. The van der Waals surface area contributed by atoms with Crippen LogP contribution in [-0.4, -0.2) is 50.1 Å². The molecule has 1 rings (SSSR count). The van der Waals surface area contributed by atoms with Crippen LogP contribution in [0.4, 0.5) is 48.3 Å². The molecule has 4 nitrogen and oxygen atoms in total. The normalized spacial score (nSPS) is 15.7. The minimum Gasteiger partial charge on any atom is -0.391 e. The topological polar surface area (TPSA) is 52.6 Å². The number of rotatable bonds is 8. The van der Waals surface area contributed by atoms with Gasteiger partial charge in [-0.3, -0.25) is 0 Å². The summed E-state index contributed by atoms with van der Waals surface area (Å²) < 4.78 is 175. The van der Waals surface area contributed by atoms with Crippen LogP contribution in [0, 0.1) is 6.92 Å². The average molecular weight is 518 g/mol. The van der Waals surface area contributed by atoms with Gasteiger partial charge in [0.25, 0.3) is 0 Å². The maximum absolute atomic E-state index is 13.8. The maximum atomic E-state index is 13.8. The number of benzene rings is 1. The highest BCUT2D eigenvalue weighted by Gasteiger charge is 2.90. The fourth-order valence-electron chi connectivity index (χ4n) is 1.81. The SMILES string of the molecule is Cc1ccc(OS(C)(C)OS(=O)(=O)C(F)(F)C(F)(F)C(F)(F)C(F)(F)C(F)(F)F)cc1. The Balaban J connectivity index is 3.34. The van der Waals surface area contributed by atoms with E-state index in [1.54, 1.807) is 6.92 Å². The number of alkyl halides is 11. The summed E-state index contributed by atoms with van der Waals surface area (Å²) in [6.07, 6.45) is -6.16. The molecule has 17 heteroatoms. The molecule has 0 saturated heterocycles. The van der Waals surface area contributed by atoms with Crippen molar-refractivity contribution in [2.24, 2.45) is 0 Å². The second kappa shape index (κ2) is 7.83. The van der Waals surface area contributed by atoms with E-state index in [-0.39, 0.29) is 5.75 Å². The van der Waals surface area contributed by atoms with E-state index in [0.717, 1.165) is 12.1 Å². The molecular formula is C14H13F11O4S2. The molecule has 0 N–H and O–H groups in total. The molecule has 0 bridgehead atoms. The van der Waals surface area contributed by atoms with E-state index in [1.807, 2.05) is 0 Å². The van der Waals surface area contributed by atoms with E-state index in [4.69, 9.17) is 4.18 Å². The Hall–Kier alpha value is -1.49. The van der Waals surface area contributed by atoms with Gasteiger partial charge in [0.15, 0.2) is 5.75 Å². The van der Waals surface area contributed by atoms with Gasteiger partial charge in [-0.25, -0.2) is 0 Å². The molecule has 0 atom stereocenters. The number of hydrogen-bond donors (Lipinski definition) is 0. The third-order valence-electron chi connectivity index (χ3n) is 3.40. The molecule has 0 aliphatic carbocycles. The minimum absolute atomic E-state index is 0.246. The van der Waals surface area contributed by atoms with E-state index in [9.17, 15) is 56.7 Å². The molecule has 0 spiro atoms. The second-order valence-electron chi connectivity index (χ2n) is 6.30. The van der Waals surface area contributed by atoms with Crippen LogP contribution in [0.5, 0.6) is 5.75 Å². The third kappa shape index (κ3) is 4.81. The molecule has 0 aromatic heterocycles. The Kier molecular flexibility index (Phi) is 6.95. The van der Waals surface area contributed by atoms with Crippen molar-refractivity contribution in [3.05, 3.63) is 29.8 Å². The fraction of sp³-hybridized carbons (Fsp3) is 0.571. The van der Waals surface area contributed by atoms with E-state index in [0.29, 0.717) is 18.1 Å². The average Bonchev–Trinajstić information content (AvgIpc) is 2.54. The quantitative estimate of drug-likeness (QED) is 0.416. The Morgan fingerprint density at radius 3 is 1.52 bits per heavy atom. The summed E-state index contributed by atoms with van der Waals surface area (Å²) in [4.78, 5) is 0. The third-order valence-corrected chi connectivity index (χ3v) is 6.90. The molecule has 0 unspecified atom stereocenters. The van der Waals surface area contributed by atoms with Crippen molar-refractivity contribution >= 4 is 20.7 Å². The zero-order chi connectivity index (χ0) is 24.9. The highest BCUT2D eigenvalue weighted by atomic mass is 32.3. The molecule has 0 radical (unpaired) electrons. The van der Waals surface area contributed by atoms with Gasteiger partial charge in [0.1, 0.15) is 0 Å². The van der Waals surface area contributed by atoms with E-state index < -0.39 is 49.9 Å². The van der Waals surface area contributed by atoms with Crippen LogP contribution in [0.15, 0.2) is 24.3 Å². The lowest BCUT2D eigenvalue weighted by Gasteiger charge is -2.39. The molecule has 0 amide bonds. The monoisotopic (exact) mass is 518 g/mol. The summed E-state index contributed by atoms with van der Waals surface area (Å²) in [7, 11) is -11.1. The molecular weight excluding hydrogens is 505 g/mol. The van der Waals surface area contributed by atoms with Gasteiger partial charge in [-0.1, -0.05) is 17.7 Å². The lowest BCUT2D eigenvalue weighted by Crippen LogP contribution is -2.68. The maximum Gasteiger partial charge on any atom is 0.460 e. The predicted molar refractivity (Wildman–Crippen MR) is 87.1 cm³/mol. The van der Waals surface area contributed by atoms with E-state index in [2.05, 4.69) is 3.63 Å². The number of halogens is 11. The van der Waals surface area contributed by atoms with Crippen molar-refractivity contribution in [3.8, 4) is 5.75 Å². The van der Waals surface area contributed by atoms with Crippen LogP contribution in [0.2, 0.25) is 0 Å². The highest BCUT2D eigenvalue weighted by molar-refractivity contribution is 8.28. The smallest absolute Gasteiger partial charge is 0.391 e. The first-order valence-corrected chi connectivity index (χ1v) is 11.2. The molecule has 0 heterocycles. The summed E-state index contributed by atoms with van der Waals surface area (Å²) in [5, 5.41) is -7.22. The van der Waals surface area contributed by atoms with Gasteiger partial charge in [-0.05, 0) is 19.1 Å². The molecule has 0 saturated carbocycles. The van der Waals surface area contributed by atoms with Crippen molar-refractivity contribution in [1.29, 1.82) is 0 Å². The van der Waals surface area contributed by atoms with Gasteiger partial charge < -0.3 is 4.18 Å². The Morgan fingerprint density at radius 2 is 1.13 bits per heavy atom. The first-order valence-electron chi connectivity index (χ1n) is 7.46. The summed E-state index contributed by atoms with van der Waals surface area (Å²) in [5.41, 5.74) is 0.646. The van der Waals surface area contributed by atoms with Crippen molar-refractivity contribution in [3.63, 3.8) is 0 Å². The Morgan fingerprint density at radius 1 is 0.710 bits per heavy atom. The molecule has 0 aliphatic rings. The number of aryl methyl sites for hydroxylation is 1. The van der Waals surface area contributed by atoms with Crippen molar-refractivity contribution < 1.29 is 64.5 Å². The van der Waals surface area contributed by atoms with E-state index >= 15 is 0 Å². The van der Waals surface area contributed by atoms with Crippen LogP contribution in [0.25, 0.3) is 0 Å². The van der Waals surface area contributed by atoms with Crippen LogP contribution >= 0.6 is 10.6 Å². The Labute approximate surface area is 170 Å². The van der Waals surface area contributed by atoms with Crippen molar-refractivity contribution in [1.82, 2.24) is 0 Å². The van der Waals surface area contributed by atoms with Gasteiger partial charge in [0.2, 0.25) is 0 Å². The largest absolute Gasteiger partial charge is 0.460 e. The van der Waals surface area contributed by atoms with Gasteiger partial charge >= 0.3 is 39.3 Å². The van der Waals surface area contributed by atoms with Gasteiger partial charge in [-0.2, -0.15) is 56.7 Å². The molecule has 31 heavy (non-hydrogen) atoms. The zero-order valence-corrected chi connectivity index (χ0v) is 17.0. The summed E-state index contributed by atoms with van der Waals surface area (Å²) >= 11 is 0. The summed E-state index contributed by atoms with van der Waals surface area (Å²) in [6, 6.07) is 5.07. The molecule has 1 aromatic rings. The lowest BCUT2D eigenvalue weighted by molar-refractivity contribution is -0.413. The summed E-state index contributed by atoms with van der Waals surface area (Å²) in [5.74, 6) is -23.6. The first kappa shape index (κ1) is 27.5. The number of hydrogen-bond acceptors (Lipinski definition) is 4. The van der Waals surface area contributed by atoms with Crippen molar-refractivity contribution in [2.75, 3.05) is 12.5 Å². The highest BCUT2D eigenvalue weighted by Crippen LogP contribution is 2.60. The first-order chi connectivity index (χ1) is 13.4. The van der Waals surface area contributed by atoms with Gasteiger partial charge in [0, 0.05) is 12.5 Å². The lowest BCUT2D eigenvalue weighted by atomic mass is 10.0. The molecule has 182 valence electrons. The standard InChI is InChI=1S/C14H13F11O4S2/c1-8-4-6-9(7-5-8)28-30(2,3)29-31(26,27)14(24,25)12(19,20)10(15,16)11(17,18)13(21,22)23/h4-7H,1-3H3. The van der Waals surface area contributed by atoms with Crippen LogP contribution in [0.1, 0.15) is 5.56 Å². The van der Waals surface area contributed by atoms with E-state index in [1.165, 1.54) is 12.1 Å².